The number of amides is 1. The summed E-state index contributed by atoms with van der Waals surface area (Å²) in [5.41, 5.74) is 0. The van der Waals surface area contributed by atoms with Crippen LogP contribution in [0.25, 0.3) is 0 Å². The Labute approximate surface area is 109 Å². The highest BCUT2D eigenvalue weighted by atomic mass is 16.5. The van der Waals surface area contributed by atoms with Crippen molar-refractivity contribution in [3.8, 4) is 0 Å². The first-order valence-electron chi connectivity index (χ1n) is 6.88. The van der Waals surface area contributed by atoms with Crippen molar-refractivity contribution in [2.24, 2.45) is 11.8 Å². The van der Waals surface area contributed by atoms with E-state index in [-0.39, 0.29) is 24.2 Å². The van der Waals surface area contributed by atoms with E-state index in [0.29, 0.717) is 6.61 Å². The summed E-state index contributed by atoms with van der Waals surface area (Å²) in [5, 5.41) is 2.72. The fourth-order valence-corrected chi connectivity index (χ4v) is 2.15. The summed E-state index contributed by atoms with van der Waals surface area (Å²) in [6, 6.07) is -0.396. The lowest BCUT2D eigenvalue weighted by atomic mass is 9.83. The zero-order chi connectivity index (χ0) is 13.5. The second-order valence-corrected chi connectivity index (χ2v) is 5.54. The number of ketones is 1. The molecule has 4 heteroatoms. The summed E-state index contributed by atoms with van der Waals surface area (Å²) < 4.78 is 5.34. The van der Waals surface area contributed by atoms with Gasteiger partial charge in [-0.15, -0.1) is 0 Å². The molecule has 1 atom stereocenters. The molecule has 0 radical (unpaired) electrons. The molecule has 104 valence electrons. The molecule has 4 nitrogen and oxygen atoms in total. The molecule has 18 heavy (non-hydrogen) atoms. The largest absolute Gasteiger partial charge is 0.372 e. The van der Waals surface area contributed by atoms with Gasteiger partial charge in [-0.2, -0.15) is 0 Å². The molecule has 1 amide bonds. The van der Waals surface area contributed by atoms with Gasteiger partial charge in [0.05, 0.1) is 6.04 Å². The fraction of sp³-hybridized carbons (Fsp3) is 0.857. The van der Waals surface area contributed by atoms with E-state index in [2.05, 4.69) is 5.32 Å². The van der Waals surface area contributed by atoms with Gasteiger partial charge < -0.3 is 10.1 Å². The first-order valence-corrected chi connectivity index (χ1v) is 6.88. The van der Waals surface area contributed by atoms with Gasteiger partial charge in [-0.1, -0.05) is 33.1 Å². The molecule has 0 heterocycles. The van der Waals surface area contributed by atoms with Crippen LogP contribution in [0.1, 0.15) is 46.5 Å². The van der Waals surface area contributed by atoms with Crippen molar-refractivity contribution >= 4 is 11.7 Å². The van der Waals surface area contributed by atoms with Crippen molar-refractivity contribution in [3.63, 3.8) is 0 Å². The summed E-state index contributed by atoms with van der Waals surface area (Å²) in [4.78, 5) is 22.9. The van der Waals surface area contributed by atoms with E-state index in [1.807, 2.05) is 13.8 Å². The summed E-state index contributed by atoms with van der Waals surface area (Å²) in [7, 11) is 0. The van der Waals surface area contributed by atoms with Gasteiger partial charge in [0.1, 0.15) is 6.61 Å². The summed E-state index contributed by atoms with van der Waals surface area (Å²) in [6.45, 7) is 6.05. The van der Waals surface area contributed by atoms with Crippen LogP contribution >= 0.6 is 0 Å². The van der Waals surface area contributed by atoms with Crippen LogP contribution < -0.4 is 5.32 Å². The first-order chi connectivity index (χ1) is 8.50. The van der Waals surface area contributed by atoms with Crippen LogP contribution in [0, 0.1) is 11.8 Å². The molecule has 1 rings (SSSR count). The molecular formula is C14H25NO3. The number of nitrogens with one attached hydrogen (secondary N) is 1. The molecule has 1 unspecified atom stereocenters. The smallest absolute Gasteiger partial charge is 0.246 e. The Morgan fingerprint density at radius 2 is 2.00 bits per heavy atom. The van der Waals surface area contributed by atoms with E-state index in [0.717, 1.165) is 12.3 Å². The quantitative estimate of drug-likeness (QED) is 0.674. The first kappa shape index (κ1) is 15.2. The lowest BCUT2D eigenvalue weighted by molar-refractivity contribution is -0.131. The molecule has 1 N–H and O–H groups in total. The van der Waals surface area contributed by atoms with Crippen LogP contribution in [0.15, 0.2) is 0 Å². The monoisotopic (exact) mass is 255 g/mol. The summed E-state index contributed by atoms with van der Waals surface area (Å²) >= 11 is 0. The number of rotatable bonds is 8. The number of carbonyl (C=O) groups excluding carboxylic acids is 2. The highest BCUT2D eigenvalue weighted by molar-refractivity contribution is 5.88. The van der Waals surface area contributed by atoms with E-state index in [1.165, 1.54) is 26.2 Å². The minimum absolute atomic E-state index is 0.00665. The third-order valence-electron chi connectivity index (χ3n) is 3.55. The molecule has 1 aliphatic rings. The maximum absolute atomic E-state index is 11.6. The van der Waals surface area contributed by atoms with Gasteiger partial charge in [-0.3, -0.25) is 9.59 Å². The third kappa shape index (κ3) is 5.17. The van der Waals surface area contributed by atoms with Crippen molar-refractivity contribution in [2.75, 3.05) is 13.2 Å². The summed E-state index contributed by atoms with van der Waals surface area (Å²) in [5.74, 6) is 0.709. The molecule has 0 aliphatic heterocycles. The molecule has 1 fully saturated rings. The Balaban J connectivity index is 2.13. The highest BCUT2D eigenvalue weighted by Gasteiger charge is 2.21. The number of hydrogen-bond acceptors (Lipinski definition) is 3. The van der Waals surface area contributed by atoms with Crippen LogP contribution in [0.3, 0.4) is 0 Å². The van der Waals surface area contributed by atoms with Crippen molar-refractivity contribution in [2.45, 2.75) is 52.5 Å². The van der Waals surface area contributed by atoms with E-state index in [1.54, 1.807) is 0 Å². The molecule has 0 spiro atoms. The molecular weight excluding hydrogens is 230 g/mol. The standard InChI is InChI=1S/C14H25NO3/c1-10(2)14(11(3)16)15-13(17)9-18-8-7-12-5-4-6-12/h10,12,14H,4-9H2,1-3H3,(H,15,17). The minimum atomic E-state index is -0.396. The van der Waals surface area contributed by atoms with Gasteiger partial charge in [0, 0.05) is 6.61 Å². The average Bonchev–Trinajstić information content (AvgIpc) is 2.22. The second kappa shape index (κ2) is 7.52. The lowest BCUT2D eigenvalue weighted by Gasteiger charge is -2.25. The number of ether oxygens (including phenoxy) is 1. The number of carbonyl (C=O) groups is 2. The highest BCUT2D eigenvalue weighted by Crippen LogP contribution is 2.28. The maximum Gasteiger partial charge on any atom is 0.246 e. The van der Waals surface area contributed by atoms with Crippen LogP contribution in [-0.4, -0.2) is 30.9 Å². The van der Waals surface area contributed by atoms with Gasteiger partial charge in [-0.25, -0.2) is 0 Å². The van der Waals surface area contributed by atoms with Gasteiger partial charge in [0.15, 0.2) is 5.78 Å². The topological polar surface area (TPSA) is 55.4 Å². The summed E-state index contributed by atoms with van der Waals surface area (Å²) in [6.07, 6.45) is 4.98. The lowest BCUT2D eigenvalue weighted by Crippen LogP contribution is -2.44. The van der Waals surface area contributed by atoms with Crippen molar-refractivity contribution in [1.82, 2.24) is 5.32 Å². The molecule has 0 aromatic rings. The van der Waals surface area contributed by atoms with Crippen molar-refractivity contribution < 1.29 is 14.3 Å². The maximum atomic E-state index is 11.6. The van der Waals surface area contributed by atoms with E-state index < -0.39 is 6.04 Å². The molecule has 1 saturated carbocycles. The Morgan fingerprint density at radius 3 is 2.44 bits per heavy atom. The average molecular weight is 255 g/mol. The second-order valence-electron chi connectivity index (χ2n) is 5.54. The van der Waals surface area contributed by atoms with Crippen molar-refractivity contribution in [3.05, 3.63) is 0 Å². The predicted octanol–water partition coefficient (Wildman–Crippen LogP) is 1.92. The van der Waals surface area contributed by atoms with Gasteiger partial charge in [0.25, 0.3) is 0 Å². The zero-order valence-electron chi connectivity index (χ0n) is 11.7. The molecule has 0 aromatic heterocycles. The van der Waals surface area contributed by atoms with E-state index in [4.69, 9.17) is 4.74 Å². The molecule has 0 aromatic carbocycles. The SMILES string of the molecule is CC(=O)C(NC(=O)COCCC1CCC1)C(C)C. The van der Waals surface area contributed by atoms with Crippen LogP contribution in [0.2, 0.25) is 0 Å². The fourth-order valence-electron chi connectivity index (χ4n) is 2.15. The van der Waals surface area contributed by atoms with Crippen LogP contribution in [-0.2, 0) is 14.3 Å². The number of hydrogen-bond donors (Lipinski definition) is 1. The normalized spacial score (nSPS) is 17.3. The predicted molar refractivity (Wildman–Crippen MR) is 70.2 cm³/mol. The van der Waals surface area contributed by atoms with Gasteiger partial charge in [-0.05, 0) is 25.2 Å². The number of Topliss-reactive ketones (excluding diaryl/α,β-unsaturated/α-hetero) is 1. The Morgan fingerprint density at radius 1 is 1.33 bits per heavy atom. The minimum Gasteiger partial charge on any atom is -0.372 e. The van der Waals surface area contributed by atoms with Gasteiger partial charge >= 0.3 is 0 Å². The molecule has 1 aliphatic carbocycles. The van der Waals surface area contributed by atoms with Crippen LogP contribution in [0.5, 0.6) is 0 Å². The molecule has 0 saturated heterocycles. The Hall–Kier alpha value is -0.900. The van der Waals surface area contributed by atoms with Crippen LogP contribution in [0.4, 0.5) is 0 Å². The van der Waals surface area contributed by atoms with Gasteiger partial charge in [0.2, 0.25) is 5.91 Å². The van der Waals surface area contributed by atoms with E-state index >= 15 is 0 Å². The Bertz CT molecular complexity index is 285. The zero-order valence-corrected chi connectivity index (χ0v) is 11.7. The molecule has 0 bridgehead atoms. The van der Waals surface area contributed by atoms with E-state index in [9.17, 15) is 9.59 Å². The van der Waals surface area contributed by atoms with Crippen molar-refractivity contribution in [1.29, 1.82) is 0 Å². The third-order valence-corrected chi connectivity index (χ3v) is 3.55. The Kier molecular flexibility index (Phi) is 6.33.